The van der Waals surface area contributed by atoms with Gasteiger partial charge < -0.3 is 0 Å². The van der Waals surface area contributed by atoms with Crippen LogP contribution in [0.2, 0.25) is 10.0 Å². The molecule has 3 aromatic rings. The summed E-state index contributed by atoms with van der Waals surface area (Å²) in [4.78, 5) is 1.43. The van der Waals surface area contributed by atoms with Crippen LogP contribution in [0.25, 0.3) is 0 Å². The van der Waals surface area contributed by atoms with E-state index in [1.807, 2.05) is 36.4 Å². The molecule has 0 aliphatic heterocycles. The van der Waals surface area contributed by atoms with Gasteiger partial charge in [0.25, 0.3) is 0 Å². The van der Waals surface area contributed by atoms with E-state index in [1.54, 1.807) is 19.2 Å². The van der Waals surface area contributed by atoms with Gasteiger partial charge in [-0.05, 0) is 34.5 Å². The molecule has 7 heteroatoms. The Bertz CT molecular complexity index is 788. The number of hydrogen-bond donors (Lipinski definition) is 1. The van der Waals surface area contributed by atoms with Gasteiger partial charge in [-0.3, -0.25) is 5.32 Å². The summed E-state index contributed by atoms with van der Waals surface area (Å²) < 4.78 is 0. The van der Waals surface area contributed by atoms with Crippen LogP contribution in [-0.4, -0.2) is 20.2 Å². The first-order valence-corrected chi connectivity index (χ1v) is 7.85. The summed E-state index contributed by atoms with van der Waals surface area (Å²) in [6, 6.07) is 15.4. The highest BCUT2D eigenvalue weighted by atomic mass is 35.5. The van der Waals surface area contributed by atoms with E-state index in [-0.39, 0.29) is 6.04 Å². The van der Waals surface area contributed by atoms with Gasteiger partial charge in [-0.2, -0.15) is 4.80 Å². The number of halogens is 2. The fraction of sp³-hybridized carbons (Fsp3) is 0.188. The van der Waals surface area contributed by atoms with E-state index in [1.165, 1.54) is 4.80 Å². The number of aryl methyl sites for hydroxylation is 1. The molecule has 0 aliphatic carbocycles. The maximum Gasteiger partial charge on any atom is 0.188 e. The number of rotatable bonds is 5. The molecular formula is C16H15Cl2N5. The van der Waals surface area contributed by atoms with Gasteiger partial charge in [0.05, 0.1) is 19.6 Å². The van der Waals surface area contributed by atoms with Gasteiger partial charge in [-0.1, -0.05) is 53.5 Å². The Morgan fingerprint density at radius 2 is 1.91 bits per heavy atom. The lowest BCUT2D eigenvalue weighted by atomic mass is 9.98. The van der Waals surface area contributed by atoms with Crippen LogP contribution in [0, 0.1) is 0 Å². The molecular weight excluding hydrogens is 333 g/mol. The molecule has 1 N–H and O–H groups in total. The van der Waals surface area contributed by atoms with Crippen molar-refractivity contribution in [3.05, 3.63) is 75.5 Å². The first-order chi connectivity index (χ1) is 11.1. The molecule has 1 aromatic heterocycles. The molecule has 0 fully saturated rings. The summed E-state index contributed by atoms with van der Waals surface area (Å²) in [6.07, 6.45) is 0. The summed E-state index contributed by atoms with van der Waals surface area (Å²) in [7, 11) is 1.74. The van der Waals surface area contributed by atoms with E-state index in [4.69, 9.17) is 23.2 Å². The third kappa shape index (κ3) is 3.88. The van der Waals surface area contributed by atoms with Crippen LogP contribution in [-0.2, 0) is 13.6 Å². The Morgan fingerprint density at radius 1 is 1.13 bits per heavy atom. The van der Waals surface area contributed by atoms with Gasteiger partial charge in [-0.25, -0.2) is 0 Å². The zero-order valence-corrected chi connectivity index (χ0v) is 14.0. The third-order valence-corrected chi connectivity index (χ3v) is 4.00. The van der Waals surface area contributed by atoms with Crippen LogP contribution >= 0.6 is 23.2 Å². The minimum atomic E-state index is -0.119. The molecule has 0 bridgehead atoms. The predicted octanol–water partition coefficient (Wildman–Crippen LogP) is 3.40. The second-order valence-electron chi connectivity index (χ2n) is 5.09. The minimum Gasteiger partial charge on any atom is -0.299 e. The number of tetrazole rings is 1. The molecule has 1 heterocycles. The molecule has 0 spiro atoms. The molecule has 0 unspecified atom stereocenters. The van der Waals surface area contributed by atoms with Crippen LogP contribution in [0.4, 0.5) is 0 Å². The number of hydrogen-bond acceptors (Lipinski definition) is 4. The Hall–Kier alpha value is -1.95. The molecule has 0 amide bonds. The topological polar surface area (TPSA) is 55.6 Å². The summed E-state index contributed by atoms with van der Waals surface area (Å²) in [5.41, 5.74) is 2.00. The normalized spacial score (nSPS) is 12.3. The van der Waals surface area contributed by atoms with Crippen LogP contribution in [0.15, 0.2) is 48.5 Å². The fourth-order valence-corrected chi connectivity index (χ4v) is 2.78. The van der Waals surface area contributed by atoms with E-state index in [2.05, 4.69) is 20.7 Å². The number of nitrogens with one attached hydrogen (secondary N) is 1. The van der Waals surface area contributed by atoms with Gasteiger partial charge >= 0.3 is 0 Å². The Labute approximate surface area is 144 Å². The molecule has 1 atom stereocenters. The Kier molecular flexibility index (Phi) is 4.91. The Morgan fingerprint density at radius 3 is 2.61 bits per heavy atom. The van der Waals surface area contributed by atoms with Crippen molar-refractivity contribution < 1.29 is 0 Å². The third-order valence-electron chi connectivity index (χ3n) is 3.42. The molecule has 3 rings (SSSR count). The highest BCUT2D eigenvalue weighted by molar-refractivity contribution is 6.33. The number of benzene rings is 2. The van der Waals surface area contributed by atoms with Crippen molar-refractivity contribution in [3.63, 3.8) is 0 Å². The summed E-state index contributed by atoms with van der Waals surface area (Å²) >= 11 is 12.5. The smallest absolute Gasteiger partial charge is 0.188 e. The van der Waals surface area contributed by atoms with Crippen LogP contribution in [0.1, 0.15) is 23.0 Å². The first kappa shape index (κ1) is 15.9. The molecule has 23 heavy (non-hydrogen) atoms. The lowest BCUT2D eigenvalue weighted by molar-refractivity contribution is 0.580. The zero-order chi connectivity index (χ0) is 16.2. The Balaban J connectivity index is 1.92. The lowest BCUT2D eigenvalue weighted by Crippen LogP contribution is -2.23. The molecule has 0 saturated heterocycles. The number of nitrogens with zero attached hydrogens (tertiary/aromatic N) is 4. The average Bonchev–Trinajstić information content (AvgIpc) is 2.97. The lowest BCUT2D eigenvalue weighted by Gasteiger charge is -2.20. The van der Waals surface area contributed by atoms with E-state index >= 15 is 0 Å². The molecule has 118 valence electrons. The van der Waals surface area contributed by atoms with Crippen LogP contribution in [0.5, 0.6) is 0 Å². The van der Waals surface area contributed by atoms with Crippen LogP contribution in [0.3, 0.4) is 0 Å². The van der Waals surface area contributed by atoms with Crippen molar-refractivity contribution in [3.8, 4) is 0 Å². The fourth-order valence-electron chi connectivity index (χ4n) is 2.38. The SMILES string of the molecule is Cn1nnc(CN[C@H](c2ccccc2)c2cc(Cl)ccc2Cl)n1. The second kappa shape index (κ2) is 7.08. The van der Waals surface area contributed by atoms with E-state index in [9.17, 15) is 0 Å². The van der Waals surface area contributed by atoms with Gasteiger partial charge in [0, 0.05) is 10.0 Å². The summed E-state index contributed by atoms with van der Waals surface area (Å²) in [5.74, 6) is 0.617. The average molecular weight is 348 g/mol. The molecule has 2 aromatic carbocycles. The van der Waals surface area contributed by atoms with Crippen molar-refractivity contribution in [2.75, 3.05) is 0 Å². The standard InChI is InChI=1S/C16H15Cl2N5/c1-23-21-15(20-22-23)10-19-16(11-5-3-2-4-6-11)13-9-12(17)7-8-14(13)18/h2-9,16,19H,10H2,1H3/t16-/m1/s1. The van der Waals surface area contributed by atoms with Crippen molar-refractivity contribution in [1.82, 2.24) is 25.5 Å². The number of aromatic nitrogens is 4. The molecule has 0 aliphatic rings. The quantitative estimate of drug-likeness (QED) is 0.768. The predicted molar refractivity (Wildman–Crippen MR) is 90.4 cm³/mol. The van der Waals surface area contributed by atoms with E-state index in [0.29, 0.717) is 22.4 Å². The van der Waals surface area contributed by atoms with Gasteiger partial charge in [0.2, 0.25) is 0 Å². The van der Waals surface area contributed by atoms with Gasteiger partial charge in [0.1, 0.15) is 0 Å². The zero-order valence-electron chi connectivity index (χ0n) is 12.4. The van der Waals surface area contributed by atoms with Gasteiger partial charge in [0.15, 0.2) is 5.82 Å². The molecule has 5 nitrogen and oxygen atoms in total. The minimum absolute atomic E-state index is 0.119. The highest BCUT2D eigenvalue weighted by Gasteiger charge is 2.18. The highest BCUT2D eigenvalue weighted by Crippen LogP contribution is 2.30. The molecule has 0 radical (unpaired) electrons. The summed E-state index contributed by atoms with van der Waals surface area (Å²) in [5, 5.41) is 16.7. The summed E-state index contributed by atoms with van der Waals surface area (Å²) in [6.45, 7) is 0.468. The maximum absolute atomic E-state index is 6.38. The monoisotopic (exact) mass is 347 g/mol. The first-order valence-electron chi connectivity index (χ1n) is 7.09. The van der Waals surface area contributed by atoms with E-state index in [0.717, 1.165) is 11.1 Å². The molecule has 0 saturated carbocycles. The second-order valence-corrected chi connectivity index (χ2v) is 5.93. The van der Waals surface area contributed by atoms with Crippen molar-refractivity contribution in [2.24, 2.45) is 7.05 Å². The maximum atomic E-state index is 6.38. The van der Waals surface area contributed by atoms with Crippen molar-refractivity contribution in [2.45, 2.75) is 12.6 Å². The van der Waals surface area contributed by atoms with Crippen LogP contribution < -0.4 is 5.32 Å². The largest absolute Gasteiger partial charge is 0.299 e. The van der Waals surface area contributed by atoms with E-state index < -0.39 is 0 Å². The van der Waals surface area contributed by atoms with Crippen molar-refractivity contribution >= 4 is 23.2 Å². The van der Waals surface area contributed by atoms with Gasteiger partial charge in [-0.15, -0.1) is 10.2 Å². The van der Waals surface area contributed by atoms with Crippen molar-refractivity contribution in [1.29, 1.82) is 0 Å².